The molecule has 2 nitrogen and oxygen atoms in total. The third kappa shape index (κ3) is 1.40. The van der Waals surface area contributed by atoms with Crippen LogP contribution in [0, 0.1) is 0 Å². The first-order valence-corrected chi connectivity index (χ1v) is 6.16. The Hall–Kier alpha value is -2.61. The van der Waals surface area contributed by atoms with Crippen LogP contribution in [0.5, 0.6) is 0 Å². The summed E-state index contributed by atoms with van der Waals surface area (Å²) in [6.45, 7) is 0. The second kappa shape index (κ2) is 3.69. The average Bonchev–Trinajstić information content (AvgIpc) is 2.47. The molecule has 0 atom stereocenters. The summed E-state index contributed by atoms with van der Waals surface area (Å²) in [6.07, 6.45) is 1.45. The van der Waals surface area contributed by atoms with Crippen molar-refractivity contribution in [1.29, 1.82) is 0 Å². The van der Waals surface area contributed by atoms with Gasteiger partial charge in [-0.3, -0.25) is 4.79 Å². The van der Waals surface area contributed by atoms with Crippen LogP contribution in [-0.4, -0.2) is 0 Å². The number of benzene rings is 3. The van der Waals surface area contributed by atoms with Gasteiger partial charge in [-0.25, -0.2) is 0 Å². The van der Waals surface area contributed by atoms with E-state index in [4.69, 9.17) is 4.42 Å². The lowest BCUT2D eigenvalue weighted by Crippen LogP contribution is -1.99. The van der Waals surface area contributed by atoms with Gasteiger partial charge in [0.1, 0.15) is 5.58 Å². The van der Waals surface area contributed by atoms with E-state index in [-0.39, 0.29) is 5.43 Å². The van der Waals surface area contributed by atoms with Crippen molar-refractivity contribution < 1.29 is 4.42 Å². The smallest absolute Gasteiger partial charge is 0.193 e. The lowest BCUT2D eigenvalue weighted by Gasteiger charge is -2.06. The Morgan fingerprint density at radius 2 is 1.53 bits per heavy atom. The van der Waals surface area contributed by atoms with Crippen LogP contribution in [0.4, 0.5) is 0 Å². The summed E-state index contributed by atoms with van der Waals surface area (Å²) in [7, 11) is 0. The predicted octanol–water partition coefficient (Wildman–Crippen LogP) is 4.10. The maximum absolute atomic E-state index is 12.2. The molecule has 0 unspecified atom stereocenters. The highest BCUT2D eigenvalue weighted by Crippen LogP contribution is 2.30. The standard InChI is InChI=1S/C17H10O2/c18-14-9-10-19-15-8-7-12-6-5-11-3-1-2-4-13(11)16(12)17(14)15/h1-10H. The van der Waals surface area contributed by atoms with Crippen molar-refractivity contribution in [2.24, 2.45) is 0 Å². The van der Waals surface area contributed by atoms with E-state index in [2.05, 4.69) is 12.1 Å². The van der Waals surface area contributed by atoms with Crippen LogP contribution in [0.3, 0.4) is 0 Å². The van der Waals surface area contributed by atoms with Gasteiger partial charge in [-0.15, -0.1) is 0 Å². The first-order valence-electron chi connectivity index (χ1n) is 6.16. The van der Waals surface area contributed by atoms with Gasteiger partial charge >= 0.3 is 0 Å². The summed E-state index contributed by atoms with van der Waals surface area (Å²) < 4.78 is 5.45. The lowest BCUT2D eigenvalue weighted by atomic mass is 9.99. The molecule has 19 heavy (non-hydrogen) atoms. The van der Waals surface area contributed by atoms with Crippen LogP contribution in [-0.2, 0) is 0 Å². The van der Waals surface area contributed by atoms with E-state index in [1.54, 1.807) is 0 Å². The van der Waals surface area contributed by atoms with Gasteiger partial charge < -0.3 is 4.42 Å². The minimum atomic E-state index is 0.00297. The molecule has 4 rings (SSSR count). The molecule has 0 bridgehead atoms. The Labute approximate surface area is 108 Å². The van der Waals surface area contributed by atoms with Crippen LogP contribution in [0.15, 0.2) is 70.1 Å². The van der Waals surface area contributed by atoms with Crippen molar-refractivity contribution in [1.82, 2.24) is 0 Å². The maximum Gasteiger partial charge on any atom is 0.193 e. The minimum absolute atomic E-state index is 0.00297. The molecule has 2 heteroatoms. The third-order valence-corrected chi connectivity index (χ3v) is 3.53. The molecule has 0 saturated carbocycles. The zero-order valence-corrected chi connectivity index (χ0v) is 10.1. The van der Waals surface area contributed by atoms with E-state index < -0.39 is 0 Å². The van der Waals surface area contributed by atoms with E-state index in [1.807, 2.05) is 36.4 Å². The van der Waals surface area contributed by atoms with Crippen molar-refractivity contribution in [2.75, 3.05) is 0 Å². The van der Waals surface area contributed by atoms with Crippen molar-refractivity contribution in [2.45, 2.75) is 0 Å². The summed E-state index contributed by atoms with van der Waals surface area (Å²) in [4.78, 5) is 12.2. The van der Waals surface area contributed by atoms with E-state index in [1.165, 1.54) is 12.3 Å². The molecule has 0 saturated heterocycles. The summed E-state index contributed by atoms with van der Waals surface area (Å²) in [5.41, 5.74) is 0.638. The SMILES string of the molecule is O=c1ccoc2ccc3ccc4ccccc4c3c12. The molecule has 1 heterocycles. The molecule has 0 fully saturated rings. The molecule has 90 valence electrons. The highest BCUT2D eigenvalue weighted by molar-refractivity contribution is 6.19. The molecule has 0 aliphatic carbocycles. The monoisotopic (exact) mass is 246 g/mol. The van der Waals surface area contributed by atoms with E-state index >= 15 is 0 Å². The van der Waals surface area contributed by atoms with Gasteiger partial charge in [0.15, 0.2) is 5.43 Å². The highest BCUT2D eigenvalue weighted by Gasteiger charge is 2.08. The zero-order chi connectivity index (χ0) is 12.8. The van der Waals surface area contributed by atoms with Gasteiger partial charge in [-0.05, 0) is 22.2 Å². The van der Waals surface area contributed by atoms with Crippen LogP contribution in [0.1, 0.15) is 0 Å². The maximum atomic E-state index is 12.2. The van der Waals surface area contributed by atoms with Gasteiger partial charge in [-0.1, -0.05) is 42.5 Å². The minimum Gasteiger partial charge on any atom is -0.464 e. The number of fused-ring (bicyclic) bond motifs is 5. The Balaban J connectivity index is 2.44. The summed E-state index contributed by atoms with van der Waals surface area (Å²) >= 11 is 0. The molecule has 4 aromatic rings. The Morgan fingerprint density at radius 1 is 0.737 bits per heavy atom. The molecule has 0 radical (unpaired) electrons. The van der Waals surface area contributed by atoms with E-state index in [0.29, 0.717) is 11.0 Å². The fourth-order valence-electron chi connectivity index (χ4n) is 2.67. The lowest BCUT2D eigenvalue weighted by molar-refractivity contribution is 0.603. The summed E-state index contributed by atoms with van der Waals surface area (Å²) in [5, 5.41) is 4.92. The molecular formula is C17H10O2. The second-order valence-corrected chi connectivity index (χ2v) is 4.61. The largest absolute Gasteiger partial charge is 0.464 e. The van der Waals surface area contributed by atoms with Crippen molar-refractivity contribution in [3.05, 3.63) is 71.1 Å². The molecule has 3 aromatic carbocycles. The Morgan fingerprint density at radius 3 is 2.47 bits per heavy atom. The van der Waals surface area contributed by atoms with Crippen molar-refractivity contribution >= 4 is 32.5 Å². The first-order chi connectivity index (χ1) is 9.34. The van der Waals surface area contributed by atoms with Gasteiger partial charge in [-0.2, -0.15) is 0 Å². The van der Waals surface area contributed by atoms with Crippen molar-refractivity contribution in [3.8, 4) is 0 Å². The van der Waals surface area contributed by atoms with Crippen LogP contribution in [0.2, 0.25) is 0 Å². The van der Waals surface area contributed by atoms with Crippen LogP contribution >= 0.6 is 0 Å². The normalized spacial score (nSPS) is 11.4. The van der Waals surface area contributed by atoms with Crippen LogP contribution < -0.4 is 5.43 Å². The first kappa shape index (κ1) is 10.3. The topological polar surface area (TPSA) is 30.2 Å². The molecule has 0 amide bonds. The predicted molar refractivity (Wildman–Crippen MR) is 77.5 cm³/mol. The van der Waals surface area contributed by atoms with Crippen LogP contribution in [0.25, 0.3) is 32.5 Å². The zero-order valence-electron chi connectivity index (χ0n) is 10.1. The third-order valence-electron chi connectivity index (χ3n) is 3.53. The highest BCUT2D eigenvalue weighted by atomic mass is 16.3. The number of rotatable bonds is 0. The molecular weight excluding hydrogens is 236 g/mol. The fraction of sp³-hybridized carbons (Fsp3) is 0. The molecule has 0 aliphatic heterocycles. The molecule has 0 spiro atoms. The molecule has 1 aromatic heterocycles. The summed E-state index contributed by atoms with van der Waals surface area (Å²) in [6, 6.07) is 17.5. The Kier molecular flexibility index (Phi) is 2.00. The van der Waals surface area contributed by atoms with Crippen molar-refractivity contribution in [3.63, 3.8) is 0 Å². The van der Waals surface area contributed by atoms with E-state index in [9.17, 15) is 4.79 Å². The van der Waals surface area contributed by atoms with Gasteiger partial charge in [0.25, 0.3) is 0 Å². The molecule has 0 N–H and O–H groups in total. The van der Waals surface area contributed by atoms with E-state index in [0.717, 1.165) is 21.5 Å². The Bertz CT molecular complexity index is 975. The van der Waals surface area contributed by atoms with Gasteiger partial charge in [0.2, 0.25) is 0 Å². The van der Waals surface area contributed by atoms with Gasteiger partial charge in [0, 0.05) is 11.5 Å². The fourth-order valence-corrected chi connectivity index (χ4v) is 2.67. The van der Waals surface area contributed by atoms with Gasteiger partial charge in [0.05, 0.1) is 11.6 Å². The molecule has 0 aliphatic rings. The summed E-state index contributed by atoms with van der Waals surface area (Å²) in [5.74, 6) is 0. The number of hydrogen-bond acceptors (Lipinski definition) is 2. The second-order valence-electron chi connectivity index (χ2n) is 4.61. The number of hydrogen-bond donors (Lipinski definition) is 0. The quantitative estimate of drug-likeness (QED) is 0.437. The average molecular weight is 246 g/mol.